The lowest BCUT2D eigenvalue weighted by Crippen LogP contribution is -2.66. The number of amides is 2. The SMILES string of the molecule is CC(=O)Nc1nc(OC(=O)N(c2ccccc2)c2ccccc2)c2ncn([C@@H]3O[C@H](CCO[Si](c4ccccc4)(c4ccccc4)C(C)(C)C)[C@@H](CN=[N+]=[N-])[C@H]3OC(C)=O)c2n1. The molecule has 16 nitrogen and oxygen atoms in total. The number of aromatic nitrogens is 4. The highest BCUT2D eigenvalue weighted by molar-refractivity contribution is 6.99. The molecule has 6 aromatic rings. The van der Waals surface area contributed by atoms with Gasteiger partial charge in [0.25, 0.3) is 14.2 Å². The minimum atomic E-state index is -2.94. The minimum Gasteiger partial charge on any atom is -0.457 e. The van der Waals surface area contributed by atoms with Gasteiger partial charge in [-0.1, -0.05) is 123 Å². The Morgan fingerprint density at radius 2 is 1.44 bits per heavy atom. The summed E-state index contributed by atoms with van der Waals surface area (Å²) in [5, 5.41) is 8.42. The largest absolute Gasteiger partial charge is 0.457 e. The van der Waals surface area contributed by atoms with Crippen molar-refractivity contribution in [2.75, 3.05) is 23.4 Å². The molecule has 1 N–H and O–H groups in total. The molecular weight excluding hydrogens is 807 g/mol. The number of hydrogen-bond acceptors (Lipinski definition) is 11. The van der Waals surface area contributed by atoms with Gasteiger partial charge in [0.2, 0.25) is 11.9 Å². The second-order valence-corrected chi connectivity index (χ2v) is 20.1. The Labute approximate surface area is 359 Å². The van der Waals surface area contributed by atoms with Crippen LogP contribution in [0, 0.1) is 5.92 Å². The average molecular weight is 854 g/mol. The fraction of sp³-hybridized carbons (Fsp3) is 0.289. The third-order valence-corrected chi connectivity index (χ3v) is 15.7. The summed E-state index contributed by atoms with van der Waals surface area (Å²) in [6.45, 7) is 9.34. The molecule has 1 aliphatic rings. The summed E-state index contributed by atoms with van der Waals surface area (Å²) < 4.78 is 27.5. The van der Waals surface area contributed by atoms with Crippen molar-refractivity contribution in [1.29, 1.82) is 0 Å². The lowest BCUT2D eigenvalue weighted by atomic mass is 9.96. The standard InChI is InChI=1S/C45H47N9O7Si/c1-30(55)49-43-50-40-38(41(51-43)61-44(57)54(32-18-10-6-11-19-32)33-20-12-7-13-21-33)47-29-53(40)42-39(59-31(2)56)36(28-48-52-46)37(60-42)26-27-58-62(45(3,4)5,34-22-14-8-15-23-34)35-24-16-9-17-25-35/h6-25,29,36-37,39,42H,26-28H2,1-5H3,(H,49,50,51,55)/t36-,37-,39-,42-/m1/s1. The van der Waals surface area contributed by atoms with Crippen LogP contribution in [0.1, 0.15) is 47.3 Å². The number of nitrogens with zero attached hydrogens (tertiary/aromatic N) is 8. The number of imidazole rings is 1. The van der Waals surface area contributed by atoms with Crippen LogP contribution < -0.4 is 25.3 Å². The summed E-state index contributed by atoms with van der Waals surface area (Å²) in [6.07, 6.45) is -1.77. The smallest absolute Gasteiger partial charge is 0.425 e. The second-order valence-electron chi connectivity index (χ2n) is 15.7. The number of nitrogens with one attached hydrogen (secondary N) is 1. The molecule has 2 aromatic heterocycles. The second kappa shape index (κ2) is 18.8. The van der Waals surface area contributed by atoms with Crippen LogP contribution in [-0.4, -0.2) is 71.2 Å². The summed E-state index contributed by atoms with van der Waals surface area (Å²) in [5.74, 6) is -2.12. The van der Waals surface area contributed by atoms with Crippen LogP contribution in [0.2, 0.25) is 5.04 Å². The molecule has 1 saturated heterocycles. The van der Waals surface area contributed by atoms with Crippen molar-refractivity contribution in [1.82, 2.24) is 19.5 Å². The van der Waals surface area contributed by atoms with E-state index in [1.807, 2.05) is 48.5 Å². The van der Waals surface area contributed by atoms with E-state index in [2.05, 4.69) is 75.3 Å². The Hall–Kier alpha value is -6.91. The van der Waals surface area contributed by atoms with Crippen molar-refractivity contribution in [2.24, 2.45) is 11.0 Å². The van der Waals surface area contributed by atoms with Crippen LogP contribution in [0.3, 0.4) is 0 Å². The Morgan fingerprint density at radius 3 is 1.95 bits per heavy atom. The van der Waals surface area contributed by atoms with Crippen LogP contribution >= 0.6 is 0 Å². The van der Waals surface area contributed by atoms with Gasteiger partial charge >= 0.3 is 12.1 Å². The molecule has 0 aliphatic carbocycles. The third-order valence-electron chi connectivity index (χ3n) is 10.6. The van der Waals surface area contributed by atoms with E-state index in [0.29, 0.717) is 17.8 Å². The van der Waals surface area contributed by atoms with E-state index >= 15 is 0 Å². The van der Waals surface area contributed by atoms with Gasteiger partial charge < -0.3 is 18.6 Å². The number of benzene rings is 4. The maximum Gasteiger partial charge on any atom is 0.425 e. The number of anilines is 3. The molecule has 62 heavy (non-hydrogen) atoms. The molecule has 0 bridgehead atoms. The van der Waals surface area contributed by atoms with Crippen molar-refractivity contribution in [3.05, 3.63) is 138 Å². The van der Waals surface area contributed by atoms with Gasteiger partial charge in [-0.05, 0) is 51.6 Å². The molecule has 3 heterocycles. The highest BCUT2D eigenvalue weighted by Crippen LogP contribution is 2.42. The number of hydrogen-bond donors (Lipinski definition) is 1. The Kier molecular flexibility index (Phi) is 13.1. The number of fused-ring (bicyclic) bond motifs is 1. The summed E-state index contributed by atoms with van der Waals surface area (Å²) in [7, 11) is -2.94. The van der Waals surface area contributed by atoms with Crippen molar-refractivity contribution in [2.45, 2.75) is 64.5 Å². The van der Waals surface area contributed by atoms with E-state index in [1.54, 1.807) is 48.5 Å². The number of carbonyl (C=O) groups is 3. The highest BCUT2D eigenvalue weighted by atomic mass is 28.4. The monoisotopic (exact) mass is 853 g/mol. The quantitative estimate of drug-likeness (QED) is 0.0371. The third kappa shape index (κ3) is 9.06. The molecule has 0 saturated carbocycles. The number of ether oxygens (including phenoxy) is 3. The van der Waals surface area contributed by atoms with Crippen LogP contribution in [0.4, 0.5) is 22.1 Å². The van der Waals surface area contributed by atoms with E-state index in [4.69, 9.17) is 18.6 Å². The van der Waals surface area contributed by atoms with E-state index in [-0.39, 0.29) is 41.2 Å². The average Bonchev–Trinajstić information content (AvgIpc) is 3.82. The molecule has 0 radical (unpaired) electrons. The van der Waals surface area contributed by atoms with E-state index in [9.17, 15) is 19.9 Å². The van der Waals surface area contributed by atoms with Crippen molar-refractivity contribution in [3.63, 3.8) is 0 Å². The summed E-state index contributed by atoms with van der Waals surface area (Å²) >= 11 is 0. The number of rotatable bonds is 14. The van der Waals surface area contributed by atoms with Gasteiger partial charge in [0, 0.05) is 37.8 Å². The molecule has 4 aromatic carbocycles. The van der Waals surface area contributed by atoms with Crippen LogP contribution in [0.15, 0.2) is 133 Å². The number of para-hydroxylation sites is 2. The van der Waals surface area contributed by atoms with Crippen LogP contribution in [0.5, 0.6) is 5.88 Å². The molecule has 2 amide bonds. The number of carbonyl (C=O) groups excluding carboxylic acids is 3. The van der Waals surface area contributed by atoms with Gasteiger partial charge in [-0.2, -0.15) is 9.97 Å². The van der Waals surface area contributed by atoms with Gasteiger partial charge in [-0.15, -0.1) is 0 Å². The molecule has 0 unspecified atom stereocenters. The first-order valence-electron chi connectivity index (χ1n) is 20.1. The molecule has 1 aliphatic heterocycles. The Bertz CT molecular complexity index is 2470. The molecule has 318 valence electrons. The molecule has 7 rings (SSSR count). The maximum absolute atomic E-state index is 14.1. The van der Waals surface area contributed by atoms with Crippen molar-refractivity contribution < 1.29 is 33.0 Å². The van der Waals surface area contributed by atoms with Crippen LogP contribution in [0.25, 0.3) is 21.6 Å². The van der Waals surface area contributed by atoms with Crippen molar-refractivity contribution in [3.8, 4) is 5.88 Å². The molecule has 4 atom stereocenters. The molecular formula is C45H47N9O7Si. The molecule has 17 heteroatoms. The van der Waals surface area contributed by atoms with Crippen LogP contribution in [-0.2, 0) is 23.5 Å². The lowest BCUT2D eigenvalue weighted by molar-refractivity contribution is -0.153. The van der Waals surface area contributed by atoms with Gasteiger partial charge in [-0.3, -0.25) is 19.5 Å². The highest BCUT2D eigenvalue weighted by Gasteiger charge is 2.52. The zero-order chi connectivity index (χ0) is 43.9. The predicted molar refractivity (Wildman–Crippen MR) is 236 cm³/mol. The Balaban J connectivity index is 1.26. The summed E-state index contributed by atoms with van der Waals surface area (Å²) in [5.41, 5.74) is 10.7. The normalized spacial score (nSPS) is 17.5. The van der Waals surface area contributed by atoms with Crippen molar-refractivity contribution >= 4 is 65.1 Å². The number of esters is 1. The fourth-order valence-corrected chi connectivity index (χ4v) is 12.6. The first-order valence-corrected chi connectivity index (χ1v) is 22.0. The first kappa shape index (κ1) is 43.2. The first-order chi connectivity index (χ1) is 29.9. The number of azide groups is 1. The fourth-order valence-electron chi connectivity index (χ4n) is 8.07. The van der Waals surface area contributed by atoms with Gasteiger partial charge in [0.1, 0.15) is 0 Å². The van der Waals surface area contributed by atoms with Gasteiger partial charge in [-0.25, -0.2) is 14.7 Å². The van der Waals surface area contributed by atoms with E-state index in [0.717, 1.165) is 10.4 Å². The zero-order valence-corrected chi connectivity index (χ0v) is 36.0. The minimum absolute atomic E-state index is 0.0590. The Morgan fingerprint density at radius 1 is 0.871 bits per heavy atom. The van der Waals surface area contributed by atoms with Gasteiger partial charge in [0.05, 0.1) is 23.8 Å². The maximum atomic E-state index is 14.1. The molecule has 1 fully saturated rings. The van der Waals surface area contributed by atoms with E-state index < -0.39 is 50.6 Å². The summed E-state index contributed by atoms with van der Waals surface area (Å²) in [4.78, 5) is 57.2. The van der Waals surface area contributed by atoms with Gasteiger partial charge in [0.15, 0.2) is 23.5 Å². The molecule has 0 spiro atoms. The van der Waals surface area contributed by atoms with E-state index in [1.165, 1.54) is 29.6 Å². The predicted octanol–water partition coefficient (Wildman–Crippen LogP) is 7.84. The summed E-state index contributed by atoms with van der Waals surface area (Å²) in [6, 6.07) is 38.4. The zero-order valence-electron chi connectivity index (χ0n) is 35.0. The topological polar surface area (TPSA) is 196 Å². The lowest BCUT2D eigenvalue weighted by Gasteiger charge is -2.43.